The topological polar surface area (TPSA) is 281 Å². The average molecular weight is 485 g/mol. The van der Waals surface area contributed by atoms with Gasteiger partial charge >= 0.3 is 29.2 Å². The van der Waals surface area contributed by atoms with Gasteiger partial charge in [0, 0.05) is 6.20 Å². The summed E-state index contributed by atoms with van der Waals surface area (Å²) in [6.07, 6.45) is -2.26. The Morgan fingerprint density at radius 2 is 1.55 bits per heavy atom. The molecule has 0 unspecified atom stereocenters. The normalized spacial score (nSPS) is 25.4. The minimum Gasteiger partial charge on any atom is -0.388 e. The second-order valence-electron chi connectivity index (χ2n) is 5.37. The molecule has 2 heterocycles. The lowest BCUT2D eigenvalue weighted by Gasteiger charge is -2.16. The van der Waals surface area contributed by atoms with Crippen molar-refractivity contribution in [2.24, 2.45) is 0 Å². The number of nitrogens with two attached hydrogens (primary N) is 1. The zero-order chi connectivity index (χ0) is 22.8. The van der Waals surface area contributed by atoms with Crippen LogP contribution in [0.3, 0.4) is 0 Å². The van der Waals surface area contributed by atoms with Gasteiger partial charge in [-0.2, -0.15) is 13.6 Å². The van der Waals surface area contributed by atoms with E-state index in [2.05, 4.69) is 13.6 Å². The largest absolute Gasteiger partial charge is 0.490 e. The predicted molar refractivity (Wildman–Crippen MR) is 90.6 cm³/mol. The van der Waals surface area contributed by atoms with Crippen molar-refractivity contribution < 1.29 is 61.7 Å². The number of anilines is 1. The summed E-state index contributed by atoms with van der Waals surface area (Å²) in [5.74, 6) is 0.0994. The Bertz CT molecular complexity index is 881. The van der Waals surface area contributed by atoms with Crippen LogP contribution >= 0.6 is 23.5 Å². The van der Waals surface area contributed by atoms with Gasteiger partial charge in [0.1, 0.15) is 18.0 Å². The second-order valence-corrected chi connectivity index (χ2v) is 9.57. The molecule has 9 N–H and O–H groups in total. The third-order valence-electron chi connectivity index (χ3n) is 3.02. The molecule has 0 saturated carbocycles. The van der Waals surface area contributed by atoms with Gasteiger partial charge in [0.25, 0.3) is 0 Å². The highest BCUT2D eigenvalue weighted by Gasteiger charge is 2.41. The van der Waals surface area contributed by atoms with Gasteiger partial charge in [0.05, 0.1) is 6.10 Å². The number of aliphatic hydroxyl groups excluding tert-OH is 2. The number of nitrogen functional groups attached to an aromatic ring is 1. The van der Waals surface area contributed by atoms with Crippen LogP contribution in [0.4, 0.5) is 5.82 Å². The zero-order valence-corrected chi connectivity index (χ0v) is 16.9. The minimum atomic E-state index is -5.46. The third-order valence-corrected chi connectivity index (χ3v) is 6.37. The monoisotopic (exact) mass is 485 g/mol. The zero-order valence-electron chi connectivity index (χ0n) is 14.3. The van der Waals surface area contributed by atoms with E-state index >= 15 is 0 Å². The summed E-state index contributed by atoms with van der Waals surface area (Å²) in [6, 6.07) is 1.42. The molecule has 0 amide bonds. The van der Waals surface area contributed by atoms with Gasteiger partial charge in [-0.1, -0.05) is 0 Å². The molecule has 1 aromatic heterocycles. The Morgan fingerprint density at radius 1 is 1.07 bits per heavy atom. The first kappa shape index (κ1) is 26.0. The molecular formula is C9H18N3O14P3. The smallest absolute Gasteiger partial charge is 0.388 e. The molecule has 20 heteroatoms. The highest BCUT2D eigenvalue weighted by molar-refractivity contribution is 7.66. The molecule has 1 saturated heterocycles. The fourth-order valence-electron chi connectivity index (χ4n) is 1.96. The Balaban J connectivity index is 0.000000298. The van der Waals surface area contributed by atoms with Gasteiger partial charge in [0.2, 0.25) is 0 Å². The number of hydrogen-bond acceptors (Lipinski definition) is 11. The summed E-state index contributed by atoms with van der Waals surface area (Å²) in [6.45, 7) is 1.61. The number of aromatic nitrogens is 2. The van der Waals surface area contributed by atoms with E-state index in [0.717, 1.165) is 4.57 Å². The molecule has 29 heavy (non-hydrogen) atoms. The van der Waals surface area contributed by atoms with E-state index < -0.39 is 53.7 Å². The van der Waals surface area contributed by atoms with Crippen molar-refractivity contribution in [3.63, 3.8) is 0 Å². The lowest BCUT2D eigenvalue weighted by atomic mass is 10.1. The van der Waals surface area contributed by atoms with E-state index in [1.807, 2.05) is 0 Å². The van der Waals surface area contributed by atoms with Gasteiger partial charge in [0.15, 0.2) is 6.23 Å². The first-order valence-corrected chi connectivity index (χ1v) is 11.7. The van der Waals surface area contributed by atoms with E-state index in [1.165, 1.54) is 12.3 Å². The fourth-order valence-corrected chi connectivity index (χ4v) is 4.50. The highest BCUT2D eigenvalue weighted by atomic mass is 31.3. The van der Waals surface area contributed by atoms with E-state index in [9.17, 15) is 28.7 Å². The van der Waals surface area contributed by atoms with E-state index in [4.69, 9.17) is 34.9 Å². The maximum absolute atomic E-state index is 11.5. The number of hydrogen-bond donors (Lipinski definition) is 8. The summed E-state index contributed by atoms with van der Waals surface area (Å²) in [4.78, 5) is 55.2. The molecule has 0 aliphatic carbocycles. The highest BCUT2D eigenvalue weighted by Crippen LogP contribution is 2.64. The van der Waals surface area contributed by atoms with Crippen molar-refractivity contribution in [1.29, 1.82) is 0 Å². The van der Waals surface area contributed by atoms with E-state index in [-0.39, 0.29) is 5.82 Å². The van der Waals surface area contributed by atoms with Gasteiger partial charge in [-0.25, -0.2) is 18.5 Å². The molecule has 0 radical (unpaired) electrons. The van der Waals surface area contributed by atoms with Crippen LogP contribution in [0.2, 0.25) is 0 Å². The van der Waals surface area contributed by atoms with Crippen LogP contribution in [0.1, 0.15) is 13.2 Å². The molecule has 1 aromatic rings. The molecule has 4 atom stereocenters. The maximum atomic E-state index is 11.5. The Morgan fingerprint density at radius 3 is 1.90 bits per heavy atom. The molecule has 0 bridgehead atoms. The standard InChI is InChI=1S/C9H13N3O4.H5O10P3/c1-4-6(13)7(14)8(16-4)12-3-2-5(10)11-9(12)15;1-11(2,3)9-13(7,8)10-12(4,5)6/h2-4,6-8,13-14H,1H3,(H2,10,11,15);(H,7,8)(H2,1,2,3)(H2,4,5,6)/t4-,6-,7-,8-;/m1./s1. The van der Waals surface area contributed by atoms with Gasteiger partial charge in [-0.3, -0.25) is 4.57 Å². The quantitative estimate of drug-likeness (QED) is 0.205. The molecule has 1 aliphatic heterocycles. The van der Waals surface area contributed by atoms with Crippen molar-refractivity contribution in [1.82, 2.24) is 9.55 Å². The molecule has 17 nitrogen and oxygen atoms in total. The molecular weight excluding hydrogens is 467 g/mol. The minimum absolute atomic E-state index is 0.0994. The van der Waals surface area contributed by atoms with Crippen molar-refractivity contribution in [3.05, 3.63) is 22.7 Å². The van der Waals surface area contributed by atoms with E-state index in [1.54, 1.807) is 6.92 Å². The lowest BCUT2D eigenvalue weighted by Crippen LogP contribution is -2.35. The molecule has 1 aliphatic rings. The molecule has 2 rings (SSSR count). The second kappa shape index (κ2) is 9.41. The Labute approximate surface area is 161 Å². The number of nitrogens with zero attached hydrogens (tertiary/aromatic N) is 2. The first-order valence-electron chi connectivity index (χ1n) is 7.15. The maximum Gasteiger partial charge on any atom is 0.490 e. The van der Waals surface area contributed by atoms with Crippen molar-refractivity contribution >= 4 is 29.3 Å². The number of aliphatic hydroxyl groups is 2. The van der Waals surface area contributed by atoms with Gasteiger partial charge in [-0.15, -0.1) is 0 Å². The van der Waals surface area contributed by atoms with E-state index in [0.29, 0.717) is 0 Å². The number of phosphoric acid groups is 3. The van der Waals surface area contributed by atoms with Crippen LogP contribution in [0.25, 0.3) is 0 Å². The summed E-state index contributed by atoms with van der Waals surface area (Å²) < 4.78 is 42.8. The summed E-state index contributed by atoms with van der Waals surface area (Å²) in [7, 11) is -16.2. The van der Waals surface area contributed by atoms with Crippen molar-refractivity contribution in [2.75, 3.05) is 5.73 Å². The summed E-state index contributed by atoms with van der Waals surface area (Å²) >= 11 is 0. The van der Waals surface area contributed by atoms with Crippen LogP contribution < -0.4 is 11.4 Å². The first-order chi connectivity index (χ1) is 12.9. The Kier molecular flexibility index (Phi) is 8.44. The summed E-state index contributed by atoms with van der Waals surface area (Å²) in [5.41, 5.74) is 4.72. The Hall–Kier alpha value is -1.03. The van der Waals surface area contributed by atoms with Crippen molar-refractivity contribution in [3.8, 4) is 0 Å². The van der Waals surface area contributed by atoms with Crippen LogP contribution in [-0.2, 0) is 27.1 Å². The average Bonchev–Trinajstić information content (AvgIpc) is 2.70. The third kappa shape index (κ3) is 8.70. The molecule has 1 fully saturated rings. The van der Waals surface area contributed by atoms with Crippen LogP contribution in [0.15, 0.2) is 17.1 Å². The van der Waals surface area contributed by atoms with Crippen LogP contribution in [0.5, 0.6) is 0 Å². The van der Waals surface area contributed by atoms with Gasteiger partial charge < -0.3 is 45.2 Å². The predicted octanol–water partition coefficient (Wildman–Crippen LogP) is -2.23. The number of ether oxygens (including phenoxy) is 1. The number of rotatable bonds is 5. The lowest BCUT2D eigenvalue weighted by molar-refractivity contribution is -0.0349. The SMILES string of the molecule is C[C@H]1O[C@@H](n2ccc(N)nc2=O)[C@H](O)[C@@H]1O.O=P(O)(O)OP(=O)(O)OP(=O)(O)O. The fraction of sp³-hybridized carbons (Fsp3) is 0.556. The molecule has 0 aromatic carbocycles. The molecule has 168 valence electrons. The van der Waals surface area contributed by atoms with Crippen LogP contribution in [-0.4, -0.2) is 62.5 Å². The molecule has 0 spiro atoms. The van der Waals surface area contributed by atoms with Crippen molar-refractivity contribution in [2.45, 2.75) is 31.5 Å². The van der Waals surface area contributed by atoms with Crippen LogP contribution in [0, 0.1) is 0 Å². The van der Waals surface area contributed by atoms with Gasteiger partial charge in [-0.05, 0) is 13.0 Å². The summed E-state index contributed by atoms with van der Waals surface area (Å²) in [5, 5.41) is 19.2.